The number of ether oxygens (including phenoxy) is 2. The number of piperazine rings is 1. The van der Waals surface area contributed by atoms with E-state index in [2.05, 4.69) is 17.9 Å². The minimum atomic E-state index is 0.110. The van der Waals surface area contributed by atoms with Gasteiger partial charge in [-0.05, 0) is 31.4 Å². The fraction of sp³-hybridized carbons (Fsp3) is 0.350. The lowest BCUT2D eigenvalue weighted by Gasteiger charge is -2.40. The number of anilines is 1. The van der Waals surface area contributed by atoms with Crippen LogP contribution in [0.5, 0.6) is 11.5 Å². The van der Waals surface area contributed by atoms with Crippen molar-refractivity contribution in [1.82, 2.24) is 4.90 Å². The summed E-state index contributed by atoms with van der Waals surface area (Å²) in [4.78, 5) is 18.2. The van der Waals surface area contributed by atoms with Crippen LogP contribution >= 0.6 is 11.8 Å². The Kier molecular flexibility index (Phi) is 4.78. The van der Waals surface area contributed by atoms with Crippen molar-refractivity contribution in [1.29, 1.82) is 0 Å². The van der Waals surface area contributed by atoms with Crippen LogP contribution < -0.4 is 14.4 Å². The molecule has 26 heavy (non-hydrogen) atoms. The SMILES string of the molecule is CSc1ccccc1N1C(=O)CN(Cc2cccc3c2OCO3)C[C@H]1C. The molecule has 0 spiro atoms. The number of rotatable bonds is 4. The van der Waals surface area contributed by atoms with Gasteiger partial charge in [-0.15, -0.1) is 11.8 Å². The molecule has 1 atom stereocenters. The molecule has 1 saturated heterocycles. The predicted molar refractivity (Wildman–Crippen MR) is 103 cm³/mol. The van der Waals surface area contributed by atoms with Crippen LogP contribution in [0.1, 0.15) is 12.5 Å². The molecule has 1 fully saturated rings. The number of thioether (sulfide) groups is 1. The average molecular weight is 370 g/mol. The first-order valence-electron chi connectivity index (χ1n) is 8.72. The molecule has 2 aliphatic heterocycles. The molecule has 0 radical (unpaired) electrons. The van der Waals surface area contributed by atoms with Crippen molar-refractivity contribution in [3.63, 3.8) is 0 Å². The van der Waals surface area contributed by atoms with Gasteiger partial charge in [-0.1, -0.05) is 24.3 Å². The minimum absolute atomic E-state index is 0.110. The van der Waals surface area contributed by atoms with E-state index in [9.17, 15) is 4.79 Å². The number of para-hydroxylation sites is 2. The molecule has 0 saturated carbocycles. The van der Waals surface area contributed by atoms with Crippen molar-refractivity contribution in [2.45, 2.75) is 24.4 Å². The van der Waals surface area contributed by atoms with Crippen LogP contribution in [0.4, 0.5) is 5.69 Å². The maximum atomic E-state index is 12.9. The number of carbonyl (C=O) groups excluding carboxylic acids is 1. The average Bonchev–Trinajstić information content (AvgIpc) is 3.11. The third-order valence-corrected chi connectivity index (χ3v) is 5.59. The minimum Gasteiger partial charge on any atom is -0.454 e. The number of hydrogen-bond donors (Lipinski definition) is 0. The number of amides is 1. The molecule has 0 aromatic heterocycles. The van der Waals surface area contributed by atoms with Crippen molar-refractivity contribution in [3.05, 3.63) is 48.0 Å². The molecule has 4 rings (SSSR count). The Morgan fingerprint density at radius 1 is 1.15 bits per heavy atom. The zero-order valence-corrected chi connectivity index (χ0v) is 15.8. The molecule has 1 amide bonds. The van der Waals surface area contributed by atoms with E-state index in [4.69, 9.17) is 9.47 Å². The molecule has 2 aromatic carbocycles. The van der Waals surface area contributed by atoms with E-state index in [1.54, 1.807) is 11.8 Å². The second-order valence-electron chi connectivity index (χ2n) is 6.61. The smallest absolute Gasteiger partial charge is 0.241 e. The topological polar surface area (TPSA) is 42.0 Å². The highest BCUT2D eigenvalue weighted by Gasteiger charge is 2.32. The molecule has 0 bridgehead atoms. The van der Waals surface area contributed by atoms with Crippen molar-refractivity contribution in [3.8, 4) is 11.5 Å². The molecule has 2 aromatic rings. The van der Waals surface area contributed by atoms with Gasteiger partial charge in [0.25, 0.3) is 0 Å². The van der Waals surface area contributed by atoms with E-state index >= 15 is 0 Å². The highest BCUT2D eigenvalue weighted by Crippen LogP contribution is 2.37. The summed E-state index contributed by atoms with van der Waals surface area (Å²) >= 11 is 1.67. The van der Waals surface area contributed by atoms with Gasteiger partial charge in [0.2, 0.25) is 12.7 Å². The second kappa shape index (κ2) is 7.21. The quantitative estimate of drug-likeness (QED) is 0.772. The van der Waals surface area contributed by atoms with Gasteiger partial charge in [-0.25, -0.2) is 0 Å². The van der Waals surface area contributed by atoms with Crippen molar-refractivity contribution in [2.24, 2.45) is 0 Å². The molecule has 0 aliphatic carbocycles. The lowest BCUT2D eigenvalue weighted by atomic mass is 10.1. The van der Waals surface area contributed by atoms with E-state index in [0.717, 1.165) is 34.2 Å². The van der Waals surface area contributed by atoms with Gasteiger partial charge in [0.1, 0.15) is 0 Å². The zero-order chi connectivity index (χ0) is 18.1. The van der Waals surface area contributed by atoms with Crippen LogP contribution in [0.15, 0.2) is 47.4 Å². The van der Waals surface area contributed by atoms with Gasteiger partial charge >= 0.3 is 0 Å². The first-order chi connectivity index (χ1) is 12.7. The van der Waals surface area contributed by atoms with Gasteiger partial charge in [-0.3, -0.25) is 9.69 Å². The van der Waals surface area contributed by atoms with Crippen LogP contribution in [-0.4, -0.2) is 43.0 Å². The van der Waals surface area contributed by atoms with Crippen LogP contribution in [0.3, 0.4) is 0 Å². The molecule has 0 N–H and O–H groups in total. The van der Waals surface area contributed by atoms with E-state index in [0.29, 0.717) is 13.1 Å². The summed E-state index contributed by atoms with van der Waals surface area (Å²) in [5.41, 5.74) is 2.08. The molecule has 6 heteroatoms. The first-order valence-corrected chi connectivity index (χ1v) is 9.95. The Labute approximate surface area is 157 Å². The Morgan fingerprint density at radius 3 is 2.81 bits per heavy atom. The van der Waals surface area contributed by atoms with Crippen LogP contribution in [0.2, 0.25) is 0 Å². The van der Waals surface area contributed by atoms with E-state index < -0.39 is 0 Å². The maximum Gasteiger partial charge on any atom is 0.241 e. The van der Waals surface area contributed by atoms with Crippen LogP contribution in [-0.2, 0) is 11.3 Å². The number of nitrogens with zero attached hydrogens (tertiary/aromatic N) is 2. The summed E-state index contributed by atoms with van der Waals surface area (Å²) in [6, 6.07) is 14.1. The number of fused-ring (bicyclic) bond motifs is 1. The summed E-state index contributed by atoms with van der Waals surface area (Å²) in [7, 11) is 0. The fourth-order valence-corrected chi connectivity index (χ4v) is 4.30. The molecule has 5 nitrogen and oxygen atoms in total. The lowest BCUT2D eigenvalue weighted by molar-refractivity contribution is -0.122. The van der Waals surface area contributed by atoms with Gasteiger partial charge in [0.15, 0.2) is 11.5 Å². The molecule has 136 valence electrons. The fourth-order valence-electron chi connectivity index (χ4n) is 3.71. The molecular weight excluding hydrogens is 348 g/mol. The van der Waals surface area contributed by atoms with E-state index in [1.165, 1.54) is 0 Å². The van der Waals surface area contributed by atoms with Crippen LogP contribution in [0, 0.1) is 0 Å². The van der Waals surface area contributed by atoms with Gasteiger partial charge in [-0.2, -0.15) is 0 Å². The standard InChI is InChI=1S/C20H22N2O3S/c1-14-10-21(11-15-6-5-8-17-20(15)25-13-24-17)12-19(23)22(14)16-7-3-4-9-18(16)26-2/h3-9,14H,10-13H2,1-2H3/t14-/m1/s1. The number of benzene rings is 2. The lowest BCUT2D eigenvalue weighted by Crippen LogP contribution is -2.55. The summed E-state index contributed by atoms with van der Waals surface area (Å²) in [6.07, 6.45) is 2.04. The van der Waals surface area contributed by atoms with Crippen LogP contribution in [0.25, 0.3) is 0 Å². The van der Waals surface area contributed by atoms with E-state index in [-0.39, 0.29) is 18.7 Å². The van der Waals surface area contributed by atoms with Gasteiger partial charge in [0, 0.05) is 29.6 Å². The molecule has 0 unspecified atom stereocenters. The van der Waals surface area contributed by atoms with Crippen molar-refractivity contribution < 1.29 is 14.3 Å². The van der Waals surface area contributed by atoms with Gasteiger partial charge in [0.05, 0.1) is 12.2 Å². The molecule has 2 heterocycles. The highest BCUT2D eigenvalue weighted by atomic mass is 32.2. The summed E-state index contributed by atoms with van der Waals surface area (Å²) in [5.74, 6) is 1.73. The summed E-state index contributed by atoms with van der Waals surface area (Å²) in [6.45, 7) is 4.27. The molecule has 2 aliphatic rings. The monoisotopic (exact) mass is 370 g/mol. The summed E-state index contributed by atoms with van der Waals surface area (Å²) in [5, 5.41) is 0. The Bertz CT molecular complexity index is 826. The zero-order valence-electron chi connectivity index (χ0n) is 15.0. The van der Waals surface area contributed by atoms with Gasteiger partial charge < -0.3 is 14.4 Å². The largest absolute Gasteiger partial charge is 0.454 e. The third kappa shape index (κ3) is 3.15. The van der Waals surface area contributed by atoms with E-state index in [1.807, 2.05) is 47.6 Å². The highest BCUT2D eigenvalue weighted by molar-refractivity contribution is 7.98. The number of hydrogen-bond acceptors (Lipinski definition) is 5. The second-order valence-corrected chi connectivity index (χ2v) is 7.45. The Hall–Kier alpha value is -2.18. The van der Waals surface area contributed by atoms with Crippen molar-refractivity contribution in [2.75, 3.05) is 31.0 Å². The predicted octanol–water partition coefficient (Wildman–Crippen LogP) is 3.37. The molecular formula is C20H22N2O3S. The normalized spacial score (nSPS) is 19.8. The Balaban J connectivity index is 1.52. The summed E-state index contributed by atoms with van der Waals surface area (Å²) < 4.78 is 11.1. The number of carbonyl (C=O) groups is 1. The first kappa shape index (κ1) is 17.2. The Morgan fingerprint density at radius 2 is 2.00 bits per heavy atom. The van der Waals surface area contributed by atoms with Crippen molar-refractivity contribution >= 4 is 23.4 Å². The maximum absolute atomic E-state index is 12.9. The third-order valence-electron chi connectivity index (χ3n) is 4.81.